The number of rotatable bonds is 3. The van der Waals surface area contributed by atoms with E-state index in [4.69, 9.17) is 0 Å². The zero-order valence-electron chi connectivity index (χ0n) is 10.9. The molecule has 0 saturated heterocycles. The van der Waals surface area contributed by atoms with Gasteiger partial charge in [-0.1, -0.05) is 11.3 Å². The third-order valence-corrected chi connectivity index (χ3v) is 3.84. The van der Waals surface area contributed by atoms with Gasteiger partial charge in [-0.15, -0.1) is 0 Å². The summed E-state index contributed by atoms with van der Waals surface area (Å²) in [5.74, 6) is -0.807. The van der Waals surface area contributed by atoms with E-state index in [0.29, 0.717) is 15.3 Å². The van der Waals surface area contributed by atoms with Gasteiger partial charge < -0.3 is 0 Å². The van der Waals surface area contributed by atoms with Gasteiger partial charge in [-0.3, -0.25) is 20.2 Å². The Bertz CT molecular complexity index is 877. The van der Waals surface area contributed by atoms with Gasteiger partial charge in [-0.05, 0) is 30.3 Å². The van der Waals surface area contributed by atoms with E-state index in [0.717, 1.165) is 11.3 Å². The van der Waals surface area contributed by atoms with Crippen molar-refractivity contribution >= 4 is 38.3 Å². The fourth-order valence-corrected chi connectivity index (χ4v) is 2.74. The number of amides is 1. The van der Waals surface area contributed by atoms with Gasteiger partial charge in [-0.2, -0.15) is 0 Å². The Labute approximate surface area is 127 Å². The Hall–Kier alpha value is -2.87. The SMILES string of the molecule is O=C(Nc1nc2ccc(F)cc2s1)c1ccc([N+](=O)[O-])cc1. The molecule has 1 N–H and O–H groups in total. The Morgan fingerprint density at radius 2 is 1.95 bits per heavy atom. The molecule has 0 spiro atoms. The number of carbonyl (C=O) groups excluding carboxylic acids is 1. The van der Waals surface area contributed by atoms with Crippen LogP contribution in [0.15, 0.2) is 42.5 Å². The highest BCUT2D eigenvalue weighted by Gasteiger charge is 2.12. The Morgan fingerprint density at radius 3 is 2.64 bits per heavy atom. The number of fused-ring (bicyclic) bond motifs is 1. The van der Waals surface area contributed by atoms with Crippen LogP contribution in [0, 0.1) is 15.9 Å². The summed E-state index contributed by atoms with van der Waals surface area (Å²) in [7, 11) is 0. The van der Waals surface area contributed by atoms with Gasteiger partial charge in [0.25, 0.3) is 11.6 Å². The van der Waals surface area contributed by atoms with Crippen molar-refractivity contribution in [3.63, 3.8) is 0 Å². The predicted octanol–water partition coefficient (Wildman–Crippen LogP) is 3.60. The van der Waals surface area contributed by atoms with E-state index in [9.17, 15) is 19.3 Å². The maximum atomic E-state index is 13.1. The highest BCUT2D eigenvalue weighted by molar-refractivity contribution is 7.22. The number of anilines is 1. The van der Waals surface area contributed by atoms with E-state index >= 15 is 0 Å². The first-order valence-corrected chi connectivity index (χ1v) is 6.96. The van der Waals surface area contributed by atoms with Crippen molar-refractivity contribution < 1.29 is 14.1 Å². The van der Waals surface area contributed by atoms with Gasteiger partial charge in [0.2, 0.25) is 0 Å². The van der Waals surface area contributed by atoms with Crippen molar-refractivity contribution in [3.8, 4) is 0 Å². The molecule has 8 heteroatoms. The van der Waals surface area contributed by atoms with Crippen LogP contribution in [-0.2, 0) is 0 Å². The standard InChI is InChI=1S/C14H8FN3O3S/c15-9-3-6-11-12(7-9)22-14(16-11)17-13(19)8-1-4-10(5-2-8)18(20)21/h1-7H,(H,16,17,19). The summed E-state index contributed by atoms with van der Waals surface area (Å²) in [5, 5.41) is 13.5. The first-order chi connectivity index (χ1) is 10.5. The van der Waals surface area contributed by atoms with Crippen LogP contribution in [0.4, 0.5) is 15.2 Å². The maximum absolute atomic E-state index is 13.1. The normalized spacial score (nSPS) is 10.6. The summed E-state index contributed by atoms with van der Waals surface area (Å²) >= 11 is 1.15. The average Bonchev–Trinajstić information content (AvgIpc) is 2.88. The number of aromatic nitrogens is 1. The highest BCUT2D eigenvalue weighted by atomic mass is 32.1. The van der Waals surface area contributed by atoms with E-state index < -0.39 is 10.8 Å². The maximum Gasteiger partial charge on any atom is 0.269 e. The Balaban J connectivity index is 1.81. The number of carbonyl (C=O) groups is 1. The summed E-state index contributed by atoms with van der Waals surface area (Å²) in [6, 6.07) is 9.40. The topological polar surface area (TPSA) is 85.1 Å². The van der Waals surface area contributed by atoms with Crippen molar-refractivity contribution in [1.29, 1.82) is 0 Å². The molecule has 2 aromatic carbocycles. The number of benzene rings is 2. The Morgan fingerprint density at radius 1 is 1.23 bits per heavy atom. The summed E-state index contributed by atoms with van der Waals surface area (Å²) in [4.78, 5) is 26.3. The van der Waals surface area contributed by atoms with Crippen molar-refractivity contribution in [2.75, 3.05) is 5.32 Å². The quantitative estimate of drug-likeness (QED) is 0.591. The molecule has 0 aliphatic rings. The highest BCUT2D eigenvalue weighted by Crippen LogP contribution is 2.26. The van der Waals surface area contributed by atoms with Crippen LogP contribution in [0.3, 0.4) is 0 Å². The van der Waals surface area contributed by atoms with E-state index in [1.165, 1.54) is 42.5 Å². The summed E-state index contributed by atoms with van der Waals surface area (Å²) in [5.41, 5.74) is 0.772. The number of nitro groups is 1. The molecule has 0 bridgehead atoms. The zero-order valence-corrected chi connectivity index (χ0v) is 11.8. The molecule has 0 radical (unpaired) electrons. The second kappa shape index (κ2) is 5.49. The Kier molecular flexibility index (Phi) is 3.51. The van der Waals surface area contributed by atoms with Gasteiger partial charge >= 0.3 is 0 Å². The number of hydrogen-bond donors (Lipinski definition) is 1. The number of halogens is 1. The minimum absolute atomic E-state index is 0.0907. The number of non-ortho nitro benzene ring substituents is 1. The molecule has 3 rings (SSSR count). The van der Waals surface area contributed by atoms with Crippen LogP contribution in [0.2, 0.25) is 0 Å². The number of nitrogens with zero attached hydrogens (tertiary/aromatic N) is 2. The average molecular weight is 317 g/mol. The third kappa shape index (κ3) is 2.77. The summed E-state index contributed by atoms with van der Waals surface area (Å²) in [6.07, 6.45) is 0. The lowest BCUT2D eigenvalue weighted by molar-refractivity contribution is -0.384. The van der Waals surface area contributed by atoms with Crippen LogP contribution in [0.5, 0.6) is 0 Å². The lowest BCUT2D eigenvalue weighted by atomic mass is 10.2. The minimum Gasteiger partial charge on any atom is -0.298 e. The molecule has 1 aromatic heterocycles. The molecule has 0 unspecified atom stereocenters. The van der Waals surface area contributed by atoms with E-state index in [2.05, 4.69) is 10.3 Å². The molecular formula is C14H8FN3O3S. The largest absolute Gasteiger partial charge is 0.298 e. The van der Waals surface area contributed by atoms with Crippen molar-refractivity contribution in [2.45, 2.75) is 0 Å². The van der Waals surface area contributed by atoms with Crippen LogP contribution < -0.4 is 5.32 Å². The second-order valence-corrected chi connectivity index (χ2v) is 5.42. The van der Waals surface area contributed by atoms with Gasteiger partial charge in [0.1, 0.15) is 5.82 Å². The van der Waals surface area contributed by atoms with Crippen LogP contribution in [-0.4, -0.2) is 15.8 Å². The molecule has 6 nitrogen and oxygen atoms in total. The molecule has 22 heavy (non-hydrogen) atoms. The number of nitro benzene ring substituents is 1. The molecule has 0 aliphatic heterocycles. The lowest BCUT2D eigenvalue weighted by Crippen LogP contribution is -2.11. The van der Waals surface area contributed by atoms with Crippen LogP contribution in [0.1, 0.15) is 10.4 Å². The smallest absolute Gasteiger partial charge is 0.269 e. The zero-order chi connectivity index (χ0) is 15.7. The molecule has 0 saturated carbocycles. The van der Waals surface area contributed by atoms with Crippen molar-refractivity contribution in [3.05, 3.63) is 64.0 Å². The molecule has 110 valence electrons. The van der Waals surface area contributed by atoms with E-state index in [1.54, 1.807) is 0 Å². The number of thiazole rings is 1. The fourth-order valence-electron chi connectivity index (χ4n) is 1.86. The molecular weight excluding hydrogens is 309 g/mol. The van der Waals surface area contributed by atoms with Crippen LogP contribution in [0.25, 0.3) is 10.2 Å². The monoisotopic (exact) mass is 317 g/mol. The summed E-state index contributed by atoms with van der Waals surface area (Å²) < 4.78 is 13.7. The van der Waals surface area contributed by atoms with Crippen molar-refractivity contribution in [1.82, 2.24) is 4.98 Å². The minimum atomic E-state index is -0.538. The van der Waals surface area contributed by atoms with Crippen molar-refractivity contribution in [2.24, 2.45) is 0 Å². The first-order valence-electron chi connectivity index (χ1n) is 6.15. The van der Waals surface area contributed by atoms with Gasteiger partial charge in [0.05, 0.1) is 15.1 Å². The molecule has 3 aromatic rings. The van der Waals surface area contributed by atoms with Gasteiger partial charge in [0.15, 0.2) is 5.13 Å². The van der Waals surface area contributed by atoms with Gasteiger partial charge in [-0.25, -0.2) is 9.37 Å². The molecule has 0 atom stereocenters. The van der Waals surface area contributed by atoms with E-state index in [-0.39, 0.29) is 17.1 Å². The lowest BCUT2D eigenvalue weighted by Gasteiger charge is -2.00. The van der Waals surface area contributed by atoms with Crippen LogP contribution >= 0.6 is 11.3 Å². The third-order valence-electron chi connectivity index (χ3n) is 2.91. The van der Waals surface area contributed by atoms with Gasteiger partial charge in [0, 0.05) is 17.7 Å². The number of nitrogens with one attached hydrogen (secondary N) is 1. The molecule has 1 amide bonds. The predicted molar refractivity (Wildman–Crippen MR) is 80.6 cm³/mol. The second-order valence-electron chi connectivity index (χ2n) is 4.39. The number of hydrogen-bond acceptors (Lipinski definition) is 5. The molecule has 1 heterocycles. The first kappa shape index (κ1) is 14.1. The summed E-state index contributed by atoms with van der Waals surface area (Å²) in [6.45, 7) is 0. The van der Waals surface area contributed by atoms with E-state index in [1.807, 2.05) is 0 Å². The molecule has 0 fully saturated rings. The fraction of sp³-hybridized carbons (Fsp3) is 0. The molecule has 0 aliphatic carbocycles.